The van der Waals surface area contributed by atoms with Crippen LogP contribution in [0, 0.1) is 18.8 Å². The van der Waals surface area contributed by atoms with Gasteiger partial charge in [-0.3, -0.25) is 4.79 Å². The lowest BCUT2D eigenvalue weighted by Crippen LogP contribution is -2.34. The van der Waals surface area contributed by atoms with E-state index in [9.17, 15) is 4.79 Å². The van der Waals surface area contributed by atoms with Crippen molar-refractivity contribution in [3.63, 3.8) is 0 Å². The number of rotatable bonds is 2. The lowest BCUT2D eigenvalue weighted by molar-refractivity contribution is 0.183. The Balaban J connectivity index is 1.70. The van der Waals surface area contributed by atoms with Gasteiger partial charge in [-0.1, -0.05) is 57.0 Å². The third-order valence-electron chi connectivity index (χ3n) is 6.67. The minimum absolute atomic E-state index is 0.0720. The summed E-state index contributed by atoms with van der Waals surface area (Å²) in [5.41, 5.74) is 4.57. The SMILES string of the molecule is Cc1nn2c(nnc3c(=O)n(C4CCCC(C)C4C)ccc32)c1-c1ccccc1. The summed E-state index contributed by atoms with van der Waals surface area (Å²) in [6.07, 6.45) is 5.34. The average Bonchev–Trinajstić information content (AvgIpc) is 3.07. The van der Waals surface area contributed by atoms with Crippen LogP contribution >= 0.6 is 0 Å². The lowest BCUT2D eigenvalue weighted by atomic mass is 9.78. The molecule has 3 aromatic heterocycles. The molecule has 29 heavy (non-hydrogen) atoms. The van der Waals surface area contributed by atoms with E-state index in [1.807, 2.05) is 54.1 Å². The average molecular weight is 387 g/mol. The smallest absolute Gasteiger partial charge is 0.280 e. The van der Waals surface area contributed by atoms with Gasteiger partial charge in [-0.15, -0.1) is 10.2 Å². The molecule has 0 spiro atoms. The first-order chi connectivity index (χ1) is 14.1. The van der Waals surface area contributed by atoms with Crippen LogP contribution in [0.4, 0.5) is 0 Å². The summed E-state index contributed by atoms with van der Waals surface area (Å²) in [5, 5.41) is 13.5. The summed E-state index contributed by atoms with van der Waals surface area (Å²) in [6, 6.07) is 12.2. The molecule has 3 heterocycles. The zero-order valence-electron chi connectivity index (χ0n) is 17.0. The van der Waals surface area contributed by atoms with E-state index in [1.54, 1.807) is 4.52 Å². The molecule has 6 nitrogen and oxygen atoms in total. The van der Waals surface area contributed by atoms with Crippen molar-refractivity contribution in [1.29, 1.82) is 0 Å². The number of hydrogen-bond donors (Lipinski definition) is 0. The first-order valence-electron chi connectivity index (χ1n) is 10.4. The van der Waals surface area contributed by atoms with Crippen molar-refractivity contribution in [3.8, 4) is 11.1 Å². The Morgan fingerprint density at radius 1 is 1.03 bits per heavy atom. The molecule has 0 amide bonds. The van der Waals surface area contributed by atoms with Crippen LogP contribution in [0.3, 0.4) is 0 Å². The summed E-state index contributed by atoms with van der Waals surface area (Å²) < 4.78 is 3.64. The molecule has 0 radical (unpaired) electrons. The Morgan fingerprint density at radius 3 is 2.62 bits per heavy atom. The van der Waals surface area contributed by atoms with E-state index in [1.165, 1.54) is 6.42 Å². The van der Waals surface area contributed by atoms with Crippen LogP contribution in [-0.2, 0) is 0 Å². The van der Waals surface area contributed by atoms with Gasteiger partial charge in [0.15, 0.2) is 11.2 Å². The minimum Gasteiger partial charge on any atom is -0.310 e. The summed E-state index contributed by atoms with van der Waals surface area (Å²) in [7, 11) is 0. The molecule has 3 unspecified atom stereocenters. The normalized spacial score (nSPS) is 22.4. The number of aromatic nitrogens is 5. The largest absolute Gasteiger partial charge is 0.310 e. The van der Waals surface area contributed by atoms with Gasteiger partial charge in [-0.2, -0.15) is 5.10 Å². The number of pyridine rings is 1. The highest BCUT2D eigenvalue weighted by atomic mass is 16.1. The fourth-order valence-corrected chi connectivity index (χ4v) is 4.82. The van der Waals surface area contributed by atoms with Crippen molar-refractivity contribution >= 4 is 16.7 Å². The zero-order chi connectivity index (χ0) is 20.1. The van der Waals surface area contributed by atoms with Gasteiger partial charge in [0.1, 0.15) is 5.52 Å². The molecule has 6 heteroatoms. The number of hydrogen-bond acceptors (Lipinski definition) is 4. The van der Waals surface area contributed by atoms with E-state index in [2.05, 4.69) is 24.0 Å². The van der Waals surface area contributed by atoms with Crippen LogP contribution in [0.1, 0.15) is 44.8 Å². The third kappa shape index (κ3) is 2.77. The predicted molar refractivity (Wildman–Crippen MR) is 114 cm³/mol. The van der Waals surface area contributed by atoms with Crippen LogP contribution in [-0.4, -0.2) is 24.4 Å². The molecule has 1 saturated carbocycles. The Kier molecular flexibility index (Phi) is 4.23. The summed E-state index contributed by atoms with van der Waals surface area (Å²) in [6.45, 7) is 6.50. The zero-order valence-corrected chi connectivity index (χ0v) is 17.0. The fourth-order valence-electron chi connectivity index (χ4n) is 4.82. The maximum absolute atomic E-state index is 13.3. The van der Waals surface area contributed by atoms with Gasteiger partial charge in [0, 0.05) is 12.2 Å². The highest BCUT2D eigenvalue weighted by Crippen LogP contribution is 2.37. The minimum atomic E-state index is -0.0720. The van der Waals surface area contributed by atoms with Crippen molar-refractivity contribution in [1.82, 2.24) is 24.4 Å². The van der Waals surface area contributed by atoms with Crippen LogP contribution < -0.4 is 5.56 Å². The predicted octanol–water partition coefficient (Wildman–Crippen LogP) is 4.41. The van der Waals surface area contributed by atoms with Crippen molar-refractivity contribution in [3.05, 3.63) is 58.6 Å². The quantitative estimate of drug-likeness (QED) is 0.511. The number of fused-ring (bicyclic) bond motifs is 3. The molecule has 1 aliphatic carbocycles. The fraction of sp³-hybridized carbons (Fsp3) is 0.391. The Morgan fingerprint density at radius 2 is 1.83 bits per heavy atom. The van der Waals surface area contributed by atoms with Gasteiger partial charge in [0.2, 0.25) is 0 Å². The molecule has 0 N–H and O–H groups in total. The van der Waals surface area contributed by atoms with Crippen molar-refractivity contribution < 1.29 is 0 Å². The monoisotopic (exact) mass is 387 g/mol. The lowest BCUT2D eigenvalue weighted by Gasteiger charge is -2.35. The van der Waals surface area contributed by atoms with E-state index < -0.39 is 0 Å². The molecule has 1 aromatic carbocycles. The molecule has 5 rings (SSSR count). The van der Waals surface area contributed by atoms with Crippen molar-refractivity contribution in [2.24, 2.45) is 11.8 Å². The number of nitrogens with zero attached hydrogens (tertiary/aromatic N) is 5. The molecule has 4 aromatic rings. The van der Waals surface area contributed by atoms with E-state index in [-0.39, 0.29) is 11.6 Å². The molecule has 0 saturated heterocycles. The topological polar surface area (TPSA) is 65.1 Å². The van der Waals surface area contributed by atoms with Crippen molar-refractivity contribution in [2.45, 2.75) is 46.1 Å². The third-order valence-corrected chi connectivity index (χ3v) is 6.67. The molecule has 1 fully saturated rings. The van der Waals surface area contributed by atoms with E-state index in [0.29, 0.717) is 28.5 Å². The highest BCUT2D eigenvalue weighted by Gasteiger charge is 2.29. The highest BCUT2D eigenvalue weighted by molar-refractivity contribution is 5.84. The first kappa shape index (κ1) is 18.0. The van der Waals surface area contributed by atoms with Gasteiger partial charge in [-0.05, 0) is 36.8 Å². The van der Waals surface area contributed by atoms with Crippen molar-refractivity contribution in [2.75, 3.05) is 0 Å². The second-order valence-corrected chi connectivity index (χ2v) is 8.36. The standard InChI is InChI=1S/C23H25N5O/c1-14-8-7-11-18(15(14)2)27-13-12-19-21(23(27)29)24-25-22-20(16(3)26-28(19)22)17-9-5-4-6-10-17/h4-6,9-10,12-15,18H,7-8,11H2,1-3H3. The van der Waals surface area contributed by atoms with E-state index >= 15 is 0 Å². The molecular formula is C23H25N5O. The number of aryl methyl sites for hydroxylation is 1. The van der Waals surface area contributed by atoms with Crippen LogP contribution in [0.15, 0.2) is 47.4 Å². The molecule has 0 bridgehead atoms. The number of benzene rings is 1. The Bertz CT molecular complexity index is 1260. The van der Waals surface area contributed by atoms with Gasteiger partial charge in [-0.25, -0.2) is 4.52 Å². The van der Waals surface area contributed by atoms with E-state index in [0.717, 1.165) is 29.7 Å². The first-order valence-corrected chi connectivity index (χ1v) is 10.4. The van der Waals surface area contributed by atoms with Crippen LogP contribution in [0.25, 0.3) is 27.8 Å². The summed E-state index contributed by atoms with van der Waals surface area (Å²) in [5.74, 6) is 1.08. The molecule has 3 atom stereocenters. The van der Waals surface area contributed by atoms with Gasteiger partial charge in [0.25, 0.3) is 5.56 Å². The summed E-state index contributed by atoms with van der Waals surface area (Å²) >= 11 is 0. The summed E-state index contributed by atoms with van der Waals surface area (Å²) in [4.78, 5) is 13.3. The van der Waals surface area contributed by atoms with Gasteiger partial charge < -0.3 is 4.57 Å². The van der Waals surface area contributed by atoms with Crippen LogP contribution in [0.2, 0.25) is 0 Å². The molecular weight excluding hydrogens is 362 g/mol. The molecule has 0 aliphatic heterocycles. The van der Waals surface area contributed by atoms with Gasteiger partial charge in [0.05, 0.1) is 11.3 Å². The molecule has 148 valence electrons. The van der Waals surface area contributed by atoms with Gasteiger partial charge >= 0.3 is 0 Å². The van der Waals surface area contributed by atoms with Crippen LogP contribution in [0.5, 0.6) is 0 Å². The maximum Gasteiger partial charge on any atom is 0.280 e. The Labute approximate surface area is 169 Å². The second kappa shape index (κ2) is 6.79. The molecule has 1 aliphatic rings. The van der Waals surface area contributed by atoms with E-state index in [4.69, 9.17) is 5.10 Å². The second-order valence-electron chi connectivity index (χ2n) is 8.36. The Hall–Kier alpha value is -3.02. The maximum atomic E-state index is 13.3.